The fraction of sp³-hybridized carbons (Fsp3) is 0.333. The summed E-state index contributed by atoms with van der Waals surface area (Å²) in [5.41, 5.74) is 0.787. The molecule has 2 aromatic carbocycles. The van der Waals surface area contributed by atoms with Gasteiger partial charge in [-0.05, 0) is 35.7 Å². The molecule has 0 aliphatic carbocycles. The molecule has 0 spiro atoms. The number of rotatable bonds is 2. The third kappa shape index (κ3) is 3.80. The number of nitrogens with zero attached hydrogens (tertiary/aromatic N) is 1. The first-order valence-electron chi connectivity index (χ1n) is 7.93. The zero-order chi connectivity index (χ0) is 16.2. The van der Waals surface area contributed by atoms with E-state index in [1.807, 2.05) is 42.5 Å². The van der Waals surface area contributed by atoms with Crippen molar-refractivity contribution in [3.63, 3.8) is 0 Å². The van der Waals surface area contributed by atoms with E-state index in [1.165, 1.54) is 6.92 Å². The summed E-state index contributed by atoms with van der Waals surface area (Å²) in [6.07, 6.45) is 1.81. The van der Waals surface area contributed by atoms with Crippen molar-refractivity contribution >= 4 is 28.4 Å². The molecule has 23 heavy (non-hydrogen) atoms. The van der Waals surface area contributed by atoms with Gasteiger partial charge in [-0.1, -0.05) is 30.3 Å². The number of urea groups is 1. The van der Waals surface area contributed by atoms with Gasteiger partial charge in [0.15, 0.2) is 0 Å². The Morgan fingerprint density at radius 3 is 2.70 bits per heavy atom. The smallest absolute Gasteiger partial charge is 0.321 e. The van der Waals surface area contributed by atoms with E-state index in [9.17, 15) is 9.59 Å². The number of benzene rings is 2. The highest BCUT2D eigenvalue weighted by Crippen LogP contribution is 2.20. The first-order chi connectivity index (χ1) is 11.1. The van der Waals surface area contributed by atoms with Crippen LogP contribution < -0.4 is 10.6 Å². The largest absolute Gasteiger partial charge is 0.352 e. The van der Waals surface area contributed by atoms with E-state index in [0.717, 1.165) is 35.8 Å². The van der Waals surface area contributed by atoms with E-state index in [-0.39, 0.29) is 18.0 Å². The predicted octanol–water partition coefficient (Wildman–Crippen LogP) is 2.97. The fourth-order valence-corrected chi connectivity index (χ4v) is 3.04. The maximum atomic E-state index is 12.4. The fourth-order valence-electron chi connectivity index (χ4n) is 3.04. The third-order valence-corrected chi connectivity index (χ3v) is 4.12. The van der Waals surface area contributed by atoms with Gasteiger partial charge in [0, 0.05) is 31.7 Å². The van der Waals surface area contributed by atoms with Crippen molar-refractivity contribution in [2.75, 3.05) is 18.4 Å². The average Bonchev–Trinajstić information content (AvgIpc) is 2.54. The highest BCUT2D eigenvalue weighted by atomic mass is 16.2. The van der Waals surface area contributed by atoms with Crippen molar-refractivity contribution in [3.8, 4) is 0 Å². The number of hydrogen-bond donors (Lipinski definition) is 2. The lowest BCUT2D eigenvalue weighted by atomic mass is 10.1. The molecular weight excluding hydrogens is 290 g/mol. The zero-order valence-electron chi connectivity index (χ0n) is 13.2. The topological polar surface area (TPSA) is 61.4 Å². The van der Waals surface area contributed by atoms with Crippen LogP contribution in [0.15, 0.2) is 42.5 Å². The van der Waals surface area contributed by atoms with E-state index in [2.05, 4.69) is 10.6 Å². The van der Waals surface area contributed by atoms with Crippen LogP contribution in [0.3, 0.4) is 0 Å². The molecule has 2 N–H and O–H groups in total. The van der Waals surface area contributed by atoms with Crippen molar-refractivity contribution < 1.29 is 9.59 Å². The van der Waals surface area contributed by atoms with Crippen LogP contribution in [0.1, 0.15) is 19.8 Å². The number of nitrogens with one attached hydrogen (secondary N) is 2. The van der Waals surface area contributed by atoms with Gasteiger partial charge in [0.1, 0.15) is 0 Å². The van der Waals surface area contributed by atoms with Gasteiger partial charge in [0.25, 0.3) is 0 Å². The Morgan fingerprint density at radius 2 is 1.91 bits per heavy atom. The van der Waals surface area contributed by atoms with Gasteiger partial charge >= 0.3 is 6.03 Å². The minimum Gasteiger partial charge on any atom is -0.352 e. The quantitative estimate of drug-likeness (QED) is 0.895. The van der Waals surface area contributed by atoms with E-state index in [4.69, 9.17) is 0 Å². The Bertz CT molecular complexity index is 729. The van der Waals surface area contributed by atoms with Crippen molar-refractivity contribution in [3.05, 3.63) is 42.5 Å². The second-order valence-corrected chi connectivity index (χ2v) is 5.98. The van der Waals surface area contributed by atoms with E-state index < -0.39 is 0 Å². The molecule has 0 saturated carbocycles. The van der Waals surface area contributed by atoms with Gasteiger partial charge in [0.2, 0.25) is 5.91 Å². The number of hydrogen-bond acceptors (Lipinski definition) is 2. The van der Waals surface area contributed by atoms with Gasteiger partial charge in [0.05, 0.1) is 0 Å². The van der Waals surface area contributed by atoms with Crippen molar-refractivity contribution in [1.29, 1.82) is 0 Å². The second-order valence-electron chi connectivity index (χ2n) is 5.98. The first-order valence-corrected chi connectivity index (χ1v) is 7.93. The Balaban J connectivity index is 1.66. The van der Waals surface area contributed by atoms with Crippen LogP contribution in [0, 0.1) is 0 Å². The number of piperidine rings is 1. The summed E-state index contributed by atoms with van der Waals surface area (Å²) < 4.78 is 0. The summed E-state index contributed by atoms with van der Waals surface area (Å²) >= 11 is 0. The van der Waals surface area contributed by atoms with Crippen molar-refractivity contribution in [2.45, 2.75) is 25.8 Å². The zero-order valence-corrected chi connectivity index (χ0v) is 13.2. The number of anilines is 1. The van der Waals surface area contributed by atoms with Crippen molar-refractivity contribution in [1.82, 2.24) is 10.2 Å². The minimum absolute atomic E-state index is 0.0450. The number of carbonyl (C=O) groups is 2. The number of likely N-dealkylation sites (tertiary alicyclic amines) is 1. The Morgan fingerprint density at radius 1 is 1.13 bits per heavy atom. The standard InChI is InChI=1S/C18H21N3O2/c1-13(22)19-17-7-4-10-21(12-17)18(23)20-16-9-8-14-5-2-3-6-15(14)11-16/h2-3,5-6,8-9,11,17H,4,7,10,12H2,1H3,(H,19,22)(H,20,23). The summed E-state index contributed by atoms with van der Waals surface area (Å²) in [5, 5.41) is 8.09. The lowest BCUT2D eigenvalue weighted by molar-refractivity contribution is -0.119. The molecule has 1 saturated heterocycles. The molecule has 3 amide bonds. The summed E-state index contributed by atoms with van der Waals surface area (Å²) in [5.74, 6) is -0.0493. The Kier molecular flexibility index (Phi) is 4.46. The molecule has 1 fully saturated rings. The molecule has 0 radical (unpaired) electrons. The van der Waals surface area contributed by atoms with E-state index in [0.29, 0.717) is 6.54 Å². The summed E-state index contributed by atoms with van der Waals surface area (Å²) in [7, 11) is 0. The van der Waals surface area contributed by atoms with Crippen LogP contribution in [0.4, 0.5) is 10.5 Å². The maximum absolute atomic E-state index is 12.4. The number of amides is 3. The lowest BCUT2D eigenvalue weighted by Gasteiger charge is -2.33. The molecule has 1 heterocycles. The molecule has 2 aromatic rings. The van der Waals surface area contributed by atoms with Crippen LogP contribution >= 0.6 is 0 Å². The average molecular weight is 311 g/mol. The third-order valence-electron chi connectivity index (χ3n) is 4.12. The molecule has 0 aromatic heterocycles. The highest BCUT2D eigenvalue weighted by molar-refractivity contribution is 5.93. The molecule has 1 atom stereocenters. The van der Waals surface area contributed by atoms with Gasteiger partial charge in [-0.3, -0.25) is 4.79 Å². The summed E-state index contributed by atoms with van der Waals surface area (Å²) in [6, 6.07) is 13.9. The molecule has 1 aliphatic rings. The van der Waals surface area contributed by atoms with Gasteiger partial charge in [-0.2, -0.15) is 0 Å². The summed E-state index contributed by atoms with van der Waals surface area (Å²) in [4.78, 5) is 25.4. The molecule has 1 aliphatic heterocycles. The minimum atomic E-state index is -0.115. The molecule has 5 heteroatoms. The second kappa shape index (κ2) is 6.69. The van der Waals surface area contributed by atoms with E-state index in [1.54, 1.807) is 4.90 Å². The lowest BCUT2D eigenvalue weighted by Crippen LogP contribution is -2.50. The van der Waals surface area contributed by atoms with Gasteiger partial charge in [-0.15, -0.1) is 0 Å². The molecule has 120 valence electrons. The van der Waals surface area contributed by atoms with Crippen LogP contribution in [-0.4, -0.2) is 36.0 Å². The SMILES string of the molecule is CC(=O)NC1CCCN(C(=O)Nc2ccc3ccccc3c2)C1. The van der Waals surface area contributed by atoms with Crippen LogP contribution in [0.25, 0.3) is 10.8 Å². The monoisotopic (exact) mass is 311 g/mol. The van der Waals surface area contributed by atoms with Crippen molar-refractivity contribution in [2.24, 2.45) is 0 Å². The maximum Gasteiger partial charge on any atom is 0.321 e. The molecule has 0 bridgehead atoms. The molecule has 3 rings (SSSR count). The Labute approximate surface area is 135 Å². The summed E-state index contributed by atoms with van der Waals surface area (Å²) in [6.45, 7) is 2.78. The van der Waals surface area contributed by atoms with Crippen LogP contribution in [0.5, 0.6) is 0 Å². The van der Waals surface area contributed by atoms with Crippen LogP contribution in [0.2, 0.25) is 0 Å². The van der Waals surface area contributed by atoms with Gasteiger partial charge in [-0.25, -0.2) is 4.79 Å². The number of fused-ring (bicyclic) bond motifs is 1. The molecular formula is C18H21N3O2. The first kappa shape index (κ1) is 15.3. The van der Waals surface area contributed by atoms with E-state index >= 15 is 0 Å². The van der Waals surface area contributed by atoms with Gasteiger partial charge < -0.3 is 15.5 Å². The molecule has 5 nitrogen and oxygen atoms in total. The molecule has 1 unspecified atom stereocenters. The highest BCUT2D eigenvalue weighted by Gasteiger charge is 2.24. The van der Waals surface area contributed by atoms with Crippen LogP contribution in [-0.2, 0) is 4.79 Å². The number of carbonyl (C=O) groups excluding carboxylic acids is 2. The normalized spacial score (nSPS) is 17.8. The Hall–Kier alpha value is -2.56. The predicted molar refractivity (Wildman–Crippen MR) is 91.4 cm³/mol.